The van der Waals surface area contributed by atoms with E-state index in [4.69, 9.17) is 5.73 Å². The molecule has 0 unspecified atom stereocenters. The second-order valence-electron chi connectivity index (χ2n) is 6.27. The molecule has 0 spiro atoms. The van der Waals surface area contributed by atoms with Crippen LogP contribution in [0.3, 0.4) is 0 Å². The first-order valence-electron chi connectivity index (χ1n) is 7.78. The Hall–Kier alpha value is -1.86. The Balaban J connectivity index is 1.88. The monoisotopic (exact) mass is 334 g/mol. The van der Waals surface area contributed by atoms with Gasteiger partial charge in [-0.1, -0.05) is 12.1 Å². The molecule has 1 heterocycles. The third kappa shape index (κ3) is 3.40. The minimum atomic E-state index is -3.54. The summed E-state index contributed by atoms with van der Waals surface area (Å²) in [5, 5.41) is 4.16. The van der Waals surface area contributed by atoms with Gasteiger partial charge in [0.15, 0.2) is 0 Å². The summed E-state index contributed by atoms with van der Waals surface area (Å²) in [4.78, 5) is 0.258. The maximum atomic E-state index is 13.0. The molecule has 1 saturated carbocycles. The van der Waals surface area contributed by atoms with Crippen LogP contribution in [0.5, 0.6) is 0 Å². The Morgan fingerprint density at radius 2 is 1.96 bits per heavy atom. The molecule has 0 aliphatic heterocycles. The molecule has 0 amide bonds. The molecule has 0 saturated heterocycles. The Bertz CT molecular complexity index is 777. The van der Waals surface area contributed by atoms with Gasteiger partial charge in [-0.25, -0.2) is 8.42 Å². The minimum absolute atomic E-state index is 0.0833. The lowest BCUT2D eigenvalue weighted by atomic mass is 10.2. The summed E-state index contributed by atoms with van der Waals surface area (Å²) in [7, 11) is -3.54. The van der Waals surface area contributed by atoms with E-state index in [0.29, 0.717) is 12.2 Å². The Morgan fingerprint density at radius 1 is 1.30 bits per heavy atom. The smallest absolute Gasteiger partial charge is 0.246 e. The summed E-state index contributed by atoms with van der Waals surface area (Å²) >= 11 is 0. The standard InChI is InChI=1S/C16H22N4O2S/c1-12(2)19-11-16(9-18-19)23(21,22)20(15-7-8-15)10-13-3-5-14(17)6-4-13/h3-6,9,11-12,15H,7-8,10,17H2,1-2H3. The van der Waals surface area contributed by atoms with Crippen LogP contribution in [0, 0.1) is 0 Å². The van der Waals surface area contributed by atoms with Crippen LogP contribution in [-0.2, 0) is 16.6 Å². The van der Waals surface area contributed by atoms with Crippen molar-refractivity contribution in [3.63, 3.8) is 0 Å². The van der Waals surface area contributed by atoms with Gasteiger partial charge in [0.25, 0.3) is 0 Å². The van der Waals surface area contributed by atoms with Gasteiger partial charge in [-0.15, -0.1) is 0 Å². The predicted octanol–water partition coefficient (Wildman–Crippen LogP) is 2.40. The fourth-order valence-corrected chi connectivity index (χ4v) is 4.06. The first-order chi connectivity index (χ1) is 10.9. The fraction of sp³-hybridized carbons (Fsp3) is 0.438. The van der Waals surface area contributed by atoms with Crippen LogP contribution >= 0.6 is 0 Å². The highest BCUT2D eigenvalue weighted by Gasteiger charge is 2.38. The predicted molar refractivity (Wildman–Crippen MR) is 89.2 cm³/mol. The van der Waals surface area contributed by atoms with Crippen molar-refractivity contribution in [2.75, 3.05) is 5.73 Å². The van der Waals surface area contributed by atoms with Gasteiger partial charge in [0.1, 0.15) is 4.90 Å². The molecule has 2 aromatic rings. The molecule has 0 bridgehead atoms. The highest BCUT2D eigenvalue weighted by atomic mass is 32.2. The van der Waals surface area contributed by atoms with Gasteiger partial charge in [-0.05, 0) is 44.4 Å². The molecule has 0 radical (unpaired) electrons. The zero-order chi connectivity index (χ0) is 16.6. The van der Waals surface area contributed by atoms with E-state index in [1.54, 1.807) is 27.3 Å². The van der Waals surface area contributed by atoms with Gasteiger partial charge in [-0.2, -0.15) is 9.40 Å². The summed E-state index contributed by atoms with van der Waals surface area (Å²) in [5.41, 5.74) is 7.30. The normalized spacial score (nSPS) is 15.5. The number of aromatic nitrogens is 2. The SMILES string of the molecule is CC(C)n1cc(S(=O)(=O)N(Cc2ccc(N)cc2)C2CC2)cn1. The molecule has 124 valence electrons. The lowest BCUT2D eigenvalue weighted by Gasteiger charge is -2.21. The third-order valence-corrected chi connectivity index (χ3v) is 5.84. The van der Waals surface area contributed by atoms with Crippen molar-refractivity contribution < 1.29 is 8.42 Å². The van der Waals surface area contributed by atoms with Crippen LogP contribution < -0.4 is 5.73 Å². The van der Waals surface area contributed by atoms with Gasteiger partial charge in [0.2, 0.25) is 10.0 Å². The van der Waals surface area contributed by atoms with Gasteiger partial charge in [0.05, 0.1) is 6.20 Å². The van der Waals surface area contributed by atoms with E-state index >= 15 is 0 Å². The van der Waals surface area contributed by atoms with Crippen molar-refractivity contribution in [1.29, 1.82) is 0 Å². The topological polar surface area (TPSA) is 81.2 Å². The first-order valence-corrected chi connectivity index (χ1v) is 9.22. The van der Waals surface area contributed by atoms with Crippen LogP contribution in [0.25, 0.3) is 0 Å². The molecular weight excluding hydrogens is 312 g/mol. The second kappa shape index (κ2) is 5.98. The minimum Gasteiger partial charge on any atom is -0.399 e. The molecule has 1 fully saturated rings. The number of nitrogens with two attached hydrogens (primary N) is 1. The Kier molecular flexibility index (Phi) is 4.16. The largest absolute Gasteiger partial charge is 0.399 e. The number of anilines is 1. The van der Waals surface area contributed by atoms with E-state index < -0.39 is 10.0 Å². The number of hydrogen-bond acceptors (Lipinski definition) is 4. The van der Waals surface area contributed by atoms with E-state index in [1.165, 1.54) is 6.20 Å². The van der Waals surface area contributed by atoms with E-state index in [2.05, 4.69) is 5.10 Å². The summed E-state index contributed by atoms with van der Waals surface area (Å²) in [5.74, 6) is 0. The zero-order valence-corrected chi connectivity index (χ0v) is 14.2. The quantitative estimate of drug-likeness (QED) is 0.823. The number of sulfonamides is 1. The van der Waals surface area contributed by atoms with Crippen LogP contribution in [0.15, 0.2) is 41.6 Å². The van der Waals surface area contributed by atoms with Gasteiger partial charge < -0.3 is 5.73 Å². The van der Waals surface area contributed by atoms with Crippen molar-refractivity contribution in [2.45, 2.75) is 50.2 Å². The van der Waals surface area contributed by atoms with Crippen molar-refractivity contribution in [2.24, 2.45) is 0 Å². The van der Waals surface area contributed by atoms with Crippen LogP contribution in [0.4, 0.5) is 5.69 Å². The van der Waals surface area contributed by atoms with E-state index in [0.717, 1.165) is 18.4 Å². The molecule has 3 rings (SSSR count). The van der Waals surface area contributed by atoms with Crippen LogP contribution in [0.1, 0.15) is 38.3 Å². The third-order valence-electron chi connectivity index (χ3n) is 3.99. The van der Waals surface area contributed by atoms with E-state index in [9.17, 15) is 8.42 Å². The average Bonchev–Trinajstić information content (AvgIpc) is 3.20. The number of nitrogens with zero attached hydrogens (tertiary/aromatic N) is 3. The van der Waals surface area contributed by atoms with Crippen LogP contribution in [0.2, 0.25) is 0 Å². The van der Waals surface area contributed by atoms with Crippen LogP contribution in [-0.4, -0.2) is 28.5 Å². The number of nitrogen functional groups attached to an aromatic ring is 1. The maximum Gasteiger partial charge on any atom is 0.246 e. The average molecular weight is 334 g/mol. The second-order valence-corrected chi connectivity index (χ2v) is 8.16. The Morgan fingerprint density at radius 3 is 2.48 bits per heavy atom. The van der Waals surface area contributed by atoms with Gasteiger partial charge >= 0.3 is 0 Å². The summed E-state index contributed by atoms with van der Waals surface area (Å²) in [6.07, 6.45) is 4.87. The molecule has 1 aliphatic rings. The molecule has 1 aliphatic carbocycles. The summed E-state index contributed by atoms with van der Waals surface area (Å²) in [6, 6.07) is 7.55. The molecule has 2 N–H and O–H groups in total. The highest BCUT2D eigenvalue weighted by Crippen LogP contribution is 2.33. The van der Waals surface area contributed by atoms with Gasteiger partial charge in [0, 0.05) is 30.5 Å². The number of rotatable bonds is 6. The van der Waals surface area contributed by atoms with Crippen molar-refractivity contribution >= 4 is 15.7 Å². The maximum absolute atomic E-state index is 13.0. The van der Waals surface area contributed by atoms with Crippen molar-refractivity contribution in [3.05, 3.63) is 42.2 Å². The molecule has 23 heavy (non-hydrogen) atoms. The van der Waals surface area contributed by atoms with Crippen molar-refractivity contribution in [3.8, 4) is 0 Å². The zero-order valence-electron chi connectivity index (χ0n) is 13.4. The number of benzene rings is 1. The number of hydrogen-bond donors (Lipinski definition) is 1. The van der Waals surface area contributed by atoms with E-state index in [-0.39, 0.29) is 17.0 Å². The van der Waals surface area contributed by atoms with E-state index in [1.807, 2.05) is 26.0 Å². The molecular formula is C16H22N4O2S. The molecule has 6 nitrogen and oxygen atoms in total. The Labute approximate surface area is 137 Å². The lowest BCUT2D eigenvalue weighted by Crippen LogP contribution is -2.32. The highest BCUT2D eigenvalue weighted by molar-refractivity contribution is 7.89. The molecule has 0 atom stereocenters. The molecule has 1 aromatic carbocycles. The fourth-order valence-electron chi connectivity index (χ4n) is 2.45. The lowest BCUT2D eigenvalue weighted by molar-refractivity contribution is 0.398. The van der Waals surface area contributed by atoms with Gasteiger partial charge in [-0.3, -0.25) is 4.68 Å². The summed E-state index contributed by atoms with van der Waals surface area (Å²) < 4.78 is 29.2. The first kappa shape index (κ1) is 16.0. The molecule has 7 heteroatoms. The molecule has 1 aromatic heterocycles. The summed E-state index contributed by atoms with van der Waals surface area (Å²) in [6.45, 7) is 4.30. The van der Waals surface area contributed by atoms with Crippen molar-refractivity contribution in [1.82, 2.24) is 14.1 Å².